The Bertz CT molecular complexity index is 3260. The molecule has 3 aromatic heterocycles. The van der Waals surface area contributed by atoms with Gasteiger partial charge in [0.15, 0.2) is 17.5 Å². The molecule has 0 saturated carbocycles. The zero-order valence-corrected chi connectivity index (χ0v) is 30.8. The number of fused-ring (bicyclic) bond motifs is 6. The molecule has 11 rings (SSSR count). The van der Waals surface area contributed by atoms with Crippen LogP contribution in [-0.2, 0) is 6.42 Å². The maximum absolute atomic E-state index is 6.80. The highest BCUT2D eigenvalue weighted by molar-refractivity contribution is 6.13. The first-order chi connectivity index (χ1) is 28.2. The molecule has 5 heteroatoms. The summed E-state index contributed by atoms with van der Waals surface area (Å²) in [4.78, 5) is 15.4. The Hall–Kier alpha value is -7.63. The number of hydrogen-bond acceptors (Lipinski definition) is 5. The van der Waals surface area contributed by atoms with Gasteiger partial charge in [-0.25, -0.2) is 15.0 Å². The summed E-state index contributed by atoms with van der Waals surface area (Å²) in [6.07, 6.45) is 0.796. The van der Waals surface area contributed by atoms with Crippen LogP contribution in [0.25, 0.3) is 100 Å². The van der Waals surface area contributed by atoms with Gasteiger partial charge in [-0.3, -0.25) is 0 Å². The maximum atomic E-state index is 6.80. The van der Waals surface area contributed by atoms with Crippen LogP contribution in [-0.4, -0.2) is 15.0 Å². The highest BCUT2D eigenvalue weighted by Gasteiger charge is 2.20. The van der Waals surface area contributed by atoms with E-state index in [4.69, 9.17) is 23.8 Å². The van der Waals surface area contributed by atoms with Gasteiger partial charge in [-0.1, -0.05) is 164 Å². The molecule has 268 valence electrons. The van der Waals surface area contributed by atoms with Gasteiger partial charge in [0.25, 0.3) is 0 Å². The third-order valence-electron chi connectivity index (χ3n) is 10.8. The summed E-state index contributed by atoms with van der Waals surface area (Å²) in [6.45, 7) is 0. The summed E-state index contributed by atoms with van der Waals surface area (Å²) in [5, 5.41) is 4.19. The van der Waals surface area contributed by atoms with Crippen molar-refractivity contribution in [2.45, 2.75) is 6.42 Å². The zero-order valence-electron chi connectivity index (χ0n) is 30.8. The van der Waals surface area contributed by atoms with Crippen molar-refractivity contribution in [2.24, 2.45) is 0 Å². The van der Waals surface area contributed by atoms with Gasteiger partial charge in [0.05, 0.1) is 0 Å². The second-order valence-electron chi connectivity index (χ2n) is 14.4. The quantitative estimate of drug-likeness (QED) is 0.163. The third-order valence-corrected chi connectivity index (χ3v) is 10.8. The Balaban J connectivity index is 1.06. The van der Waals surface area contributed by atoms with Crippen molar-refractivity contribution in [2.75, 3.05) is 0 Å². The van der Waals surface area contributed by atoms with Crippen molar-refractivity contribution in [1.82, 2.24) is 15.0 Å². The van der Waals surface area contributed by atoms with Gasteiger partial charge < -0.3 is 8.83 Å². The number of hydrogen-bond donors (Lipinski definition) is 0. The standard InChI is InChI=1S/C52H33N3O2/c1-4-14-33(15-5-1)30-38-21-11-24-41-42-25-12-23-40(49(42)57-48(38)41)37-20-10-22-39(31-37)51-53-50(35-18-8-3-9-19-35)54-52(55-51)43-26-13-27-46-47(43)44-32-36(28-29-45(44)56-46)34-16-6-2-7-17-34/h1-29,31-32H,30H2. The van der Waals surface area contributed by atoms with E-state index in [0.717, 1.165) is 94.8 Å². The molecule has 0 aliphatic carbocycles. The van der Waals surface area contributed by atoms with Gasteiger partial charge >= 0.3 is 0 Å². The van der Waals surface area contributed by atoms with E-state index in [1.165, 1.54) is 5.56 Å². The van der Waals surface area contributed by atoms with Crippen LogP contribution in [0, 0.1) is 0 Å². The van der Waals surface area contributed by atoms with E-state index >= 15 is 0 Å². The molecule has 0 bridgehead atoms. The first-order valence-electron chi connectivity index (χ1n) is 19.1. The lowest BCUT2D eigenvalue weighted by Crippen LogP contribution is -2.00. The first kappa shape index (κ1) is 32.8. The average molecular weight is 732 g/mol. The topological polar surface area (TPSA) is 65.0 Å². The lowest BCUT2D eigenvalue weighted by atomic mass is 9.99. The van der Waals surface area contributed by atoms with E-state index in [2.05, 4.69) is 133 Å². The summed E-state index contributed by atoms with van der Waals surface area (Å²) >= 11 is 0. The number of rotatable bonds is 7. The Morgan fingerprint density at radius 3 is 1.77 bits per heavy atom. The average Bonchev–Trinajstić information content (AvgIpc) is 3.86. The van der Waals surface area contributed by atoms with E-state index < -0.39 is 0 Å². The van der Waals surface area contributed by atoms with Gasteiger partial charge in [0, 0.05) is 50.2 Å². The predicted molar refractivity (Wildman–Crippen MR) is 231 cm³/mol. The molecule has 0 amide bonds. The van der Waals surface area contributed by atoms with Crippen LogP contribution in [0.4, 0.5) is 0 Å². The zero-order chi connectivity index (χ0) is 37.7. The molecule has 0 fully saturated rings. The first-order valence-corrected chi connectivity index (χ1v) is 19.1. The molecule has 8 aromatic carbocycles. The fourth-order valence-electron chi connectivity index (χ4n) is 8.05. The number of aromatic nitrogens is 3. The molecule has 0 atom stereocenters. The smallest absolute Gasteiger partial charge is 0.164 e. The van der Waals surface area contributed by atoms with Crippen LogP contribution in [0.1, 0.15) is 11.1 Å². The van der Waals surface area contributed by atoms with Crippen LogP contribution >= 0.6 is 0 Å². The lowest BCUT2D eigenvalue weighted by molar-refractivity contribution is 0.665. The second kappa shape index (κ2) is 13.6. The molecule has 11 aromatic rings. The van der Waals surface area contributed by atoms with Crippen molar-refractivity contribution in [3.8, 4) is 56.4 Å². The second-order valence-corrected chi connectivity index (χ2v) is 14.4. The molecule has 5 nitrogen and oxygen atoms in total. The molecular weight excluding hydrogens is 699 g/mol. The van der Waals surface area contributed by atoms with Crippen LogP contribution in [0.15, 0.2) is 197 Å². The Kier molecular flexibility index (Phi) is 7.81. The fraction of sp³-hybridized carbons (Fsp3) is 0.0192. The Morgan fingerprint density at radius 1 is 0.351 bits per heavy atom. The minimum atomic E-state index is 0.577. The summed E-state index contributed by atoms with van der Waals surface area (Å²) in [5.74, 6) is 1.76. The minimum Gasteiger partial charge on any atom is -0.456 e. The molecule has 3 heterocycles. The molecular formula is C52H33N3O2. The van der Waals surface area contributed by atoms with Gasteiger partial charge in [0.2, 0.25) is 0 Å². The van der Waals surface area contributed by atoms with Gasteiger partial charge in [-0.05, 0) is 52.1 Å². The third kappa shape index (κ3) is 5.85. The SMILES string of the molecule is c1ccc(Cc2cccc3c2oc2c(-c4cccc(-c5nc(-c6ccccc6)nc(-c6cccc7oc8ccc(-c9ccccc9)cc8c67)n5)c4)cccc23)cc1. The van der Waals surface area contributed by atoms with E-state index in [-0.39, 0.29) is 0 Å². The van der Waals surface area contributed by atoms with E-state index in [0.29, 0.717) is 17.5 Å². The van der Waals surface area contributed by atoms with Gasteiger partial charge in [-0.15, -0.1) is 0 Å². The van der Waals surface area contributed by atoms with E-state index in [9.17, 15) is 0 Å². The molecule has 0 unspecified atom stereocenters. The Morgan fingerprint density at radius 2 is 0.965 bits per heavy atom. The normalized spacial score (nSPS) is 11.6. The number of nitrogens with zero attached hydrogens (tertiary/aromatic N) is 3. The molecule has 0 aliphatic rings. The van der Waals surface area contributed by atoms with E-state index in [1.807, 2.05) is 54.6 Å². The van der Waals surface area contributed by atoms with Crippen molar-refractivity contribution in [3.63, 3.8) is 0 Å². The Labute approximate surface area is 328 Å². The van der Waals surface area contributed by atoms with E-state index in [1.54, 1.807) is 0 Å². The van der Waals surface area contributed by atoms with Crippen molar-refractivity contribution in [3.05, 3.63) is 199 Å². The summed E-state index contributed by atoms with van der Waals surface area (Å²) in [5.41, 5.74) is 12.7. The predicted octanol–water partition coefficient (Wildman–Crippen LogP) is 13.6. The number of para-hydroxylation sites is 2. The van der Waals surface area contributed by atoms with Crippen molar-refractivity contribution < 1.29 is 8.83 Å². The minimum absolute atomic E-state index is 0.577. The summed E-state index contributed by atoms with van der Waals surface area (Å²) in [7, 11) is 0. The largest absolute Gasteiger partial charge is 0.456 e. The molecule has 57 heavy (non-hydrogen) atoms. The maximum Gasteiger partial charge on any atom is 0.164 e. The lowest BCUT2D eigenvalue weighted by Gasteiger charge is -2.10. The number of benzene rings is 8. The van der Waals surface area contributed by atoms with Gasteiger partial charge in [-0.2, -0.15) is 0 Å². The molecule has 0 radical (unpaired) electrons. The summed E-state index contributed by atoms with van der Waals surface area (Å²) in [6, 6.07) is 64.7. The van der Waals surface area contributed by atoms with Crippen molar-refractivity contribution >= 4 is 43.9 Å². The van der Waals surface area contributed by atoms with Crippen molar-refractivity contribution in [1.29, 1.82) is 0 Å². The fourth-order valence-corrected chi connectivity index (χ4v) is 8.05. The number of furan rings is 2. The molecule has 0 aliphatic heterocycles. The van der Waals surface area contributed by atoms with Crippen LogP contribution in [0.2, 0.25) is 0 Å². The monoisotopic (exact) mass is 731 g/mol. The summed E-state index contributed by atoms with van der Waals surface area (Å²) < 4.78 is 13.2. The van der Waals surface area contributed by atoms with Gasteiger partial charge in [0.1, 0.15) is 22.3 Å². The highest BCUT2D eigenvalue weighted by atomic mass is 16.3. The highest BCUT2D eigenvalue weighted by Crippen LogP contribution is 2.40. The molecule has 0 saturated heterocycles. The molecule has 0 N–H and O–H groups in total. The molecule has 0 spiro atoms. The van der Waals surface area contributed by atoms with Crippen LogP contribution < -0.4 is 0 Å². The van der Waals surface area contributed by atoms with Crippen LogP contribution in [0.3, 0.4) is 0 Å². The van der Waals surface area contributed by atoms with Crippen LogP contribution in [0.5, 0.6) is 0 Å².